The van der Waals surface area contributed by atoms with Crippen LogP contribution >= 0.6 is 22.6 Å². The third kappa shape index (κ3) is 1.48. The Balaban J connectivity index is 1.93. The zero-order chi connectivity index (χ0) is 11.1. The number of fused-ring (bicyclic) bond motifs is 1. The van der Waals surface area contributed by atoms with Crippen LogP contribution in [0.3, 0.4) is 0 Å². The number of carbonyl (C=O) groups excluding carboxylic acids is 1. The second-order valence-electron chi connectivity index (χ2n) is 3.88. The maximum atomic E-state index is 11.9. The number of ether oxygens (including phenoxy) is 1. The number of nitrogens with zero attached hydrogens (tertiary/aromatic N) is 1. The fourth-order valence-electron chi connectivity index (χ4n) is 2.17. The second kappa shape index (κ2) is 3.85. The molecule has 4 heteroatoms. The van der Waals surface area contributed by atoms with Crippen molar-refractivity contribution in [2.45, 2.75) is 12.3 Å². The average molecular weight is 327 g/mol. The lowest BCUT2D eigenvalue weighted by molar-refractivity contribution is -0.128. The zero-order valence-corrected chi connectivity index (χ0v) is 10.6. The average Bonchev–Trinajstić information content (AvgIpc) is 2.83. The molecule has 0 aromatic heterocycles. The van der Waals surface area contributed by atoms with Gasteiger partial charge in [0.2, 0.25) is 0 Å². The molecule has 0 radical (unpaired) electrons. The van der Waals surface area contributed by atoms with Gasteiger partial charge in [-0.1, -0.05) is 30.3 Å². The molecule has 82 valence electrons. The number of amides is 1. The van der Waals surface area contributed by atoms with E-state index in [-0.39, 0.29) is 18.2 Å². The van der Waals surface area contributed by atoms with Crippen molar-refractivity contribution in [3.8, 4) is 0 Å². The van der Waals surface area contributed by atoms with Crippen LogP contribution in [0.5, 0.6) is 0 Å². The van der Waals surface area contributed by atoms with Crippen molar-refractivity contribution in [1.82, 2.24) is 4.90 Å². The highest BCUT2D eigenvalue weighted by molar-refractivity contribution is 14.1. The van der Waals surface area contributed by atoms with Crippen molar-refractivity contribution in [3.63, 3.8) is 0 Å². The summed E-state index contributed by atoms with van der Waals surface area (Å²) in [5.41, 5.74) is 1.14. The molecule has 0 saturated carbocycles. The standard InChI is InChI=1S/C12H10INO2/c13-9-6-11-14(12(9)15)10(7-16-11)8-4-2-1-3-5-8/h1-6,10-11H,7H2/t10-,11-/m1/s1. The van der Waals surface area contributed by atoms with Gasteiger partial charge in [0.25, 0.3) is 5.91 Å². The molecule has 0 bridgehead atoms. The first-order valence-corrected chi connectivity index (χ1v) is 6.22. The molecule has 1 amide bonds. The van der Waals surface area contributed by atoms with E-state index in [2.05, 4.69) is 22.6 Å². The van der Waals surface area contributed by atoms with Crippen LogP contribution in [0, 0.1) is 0 Å². The number of rotatable bonds is 1. The minimum atomic E-state index is -0.162. The van der Waals surface area contributed by atoms with Gasteiger partial charge in [0.15, 0.2) is 6.23 Å². The highest BCUT2D eigenvalue weighted by atomic mass is 127. The molecule has 1 saturated heterocycles. The van der Waals surface area contributed by atoms with Crippen LogP contribution in [0.2, 0.25) is 0 Å². The van der Waals surface area contributed by atoms with E-state index in [1.165, 1.54) is 0 Å². The third-order valence-corrected chi connectivity index (χ3v) is 3.77. The maximum absolute atomic E-state index is 11.9. The molecule has 3 rings (SSSR count). The summed E-state index contributed by atoms with van der Waals surface area (Å²) in [6.45, 7) is 0.584. The molecule has 2 aliphatic rings. The van der Waals surface area contributed by atoms with E-state index in [0.717, 1.165) is 9.14 Å². The quantitative estimate of drug-likeness (QED) is 0.741. The second-order valence-corrected chi connectivity index (χ2v) is 5.04. The van der Waals surface area contributed by atoms with Gasteiger partial charge >= 0.3 is 0 Å². The van der Waals surface area contributed by atoms with E-state index in [1.807, 2.05) is 41.3 Å². The molecule has 0 aliphatic carbocycles. The van der Waals surface area contributed by atoms with Gasteiger partial charge in [-0.2, -0.15) is 0 Å². The molecule has 2 aliphatic heterocycles. The highest BCUT2D eigenvalue weighted by Gasteiger charge is 2.42. The van der Waals surface area contributed by atoms with Gasteiger partial charge in [-0.15, -0.1) is 0 Å². The number of benzene rings is 1. The van der Waals surface area contributed by atoms with Crippen molar-refractivity contribution in [3.05, 3.63) is 45.6 Å². The first-order valence-electron chi connectivity index (χ1n) is 5.14. The van der Waals surface area contributed by atoms with Crippen LogP contribution in [-0.2, 0) is 9.53 Å². The molecule has 16 heavy (non-hydrogen) atoms. The van der Waals surface area contributed by atoms with Crippen LogP contribution in [0.1, 0.15) is 11.6 Å². The van der Waals surface area contributed by atoms with Crippen LogP contribution < -0.4 is 0 Å². The van der Waals surface area contributed by atoms with Crippen LogP contribution in [0.15, 0.2) is 40.0 Å². The molecule has 2 heterocycles. The van der Waals surface area contributed by atoms with E-state index in [9.17, 15) is 4.79 Å². The predicted molar refractivity (Wildman–Crippen MR) is 67.9 cm³/mol. The first kappa shape index (κ1) is 10.3. The van der Waals surface area contributed by atoms with Gasteiger partial charge in [0, 0.05) is 0 Å². The first-order chi connectivity index (χ1) is 7.77. The van der Waals surface area contributed by atoms with Crippen molar-refractivity contribution >= 4 is 28.5 Å². The predicted octanol–water partition coefficient (Wildman–Crippen LogP) is 2.25. The van der Waals surface area contributed by atoms with Gasteiger partial charge in [0.05, 0.1) is 16.2 Å². The molecule has 0 unspecified atom stereocenters. The monoisotopic (exact) mass is 327 g/mol. The number of hydrogen-bond acceptors (Lipinski definition) is 2. The Morgan fingerprint density at radius 1 is 1.31 bits per heavy atom. The lowest BCUT2D eigenvalue weighted by Gasteiger charge is -2.22. The van der Waals surface area contributed by atoms with E-state index in [4.69, 9.17) is 4.74 Å². The fraction of sp³-hybridized carbons (Fsp3) is 0.250. The van der Waals surface area contributed by atoms with E-state index < -0.39 is 0 Å². The summed E-state index contributed by atoms with van der Waals surface area (Å²) in [7, 11) is 0. The summed E-state index contributed by atoms with van der Waals surface area (Å²) in [4.78, 5) is 13.8. The number of carbonyl (C=O) groups is 1. The molecule has 1 aromatic rings. The summed E-state index contributed by atoms with van der Waals surface area (Å²) in [6.07, 6.45) is 1.72. The van der Waals surface area contributed by atoms with Crippen LogP contribution in [0.25, 0.3) is 0 Å². The normalized spacial score (nSPS) is 28.2. The van der Waals surface area contributed by atoms with Crippen molar-refractivity contribution in [2.24, 2.45) is 0 Å². The Morgan fingerprint density at radius 2 is 2.06 bits per heavy atom. The summed E-state index contributed by atoms with van der Waals surface area (Å²) < 4.78 is 6.36. The maximum Gasteiger partial charge on any atom is 0.262 e. The Labute approximate surface area is 107 Å². The SMILES string of the molecule is O=C1C(I)=C[C@H]2OC[C@H](c3ccccc3)N12. The Hall–Kier alpha value is -0.880. The molecular formula is C12H10INO2. The Kier molecular flexibility index (Phi) is 2.48. The van der Waals surface area contributed by atoms with Gasteiger partial charge in [-0.3, -0.25) is 9.69 Å². The minimum absolute atomic E-state index is 0.0576. The fourth-order valence-corrected chi connectivity index (χ4v) is 2.75. The molecule has 1 fully saturated rings. The molecule has 3 nitrogen and oxygen atoms in total. The summed E-state index contributed by atoms with van der Waals surface area (Å²) in [5, 5.41) is 0. The number of halogens is 1. The molecule has 0 spiro atoms. The van der Waals surface area contributed by atoms with Crippen LogP contribution in [0.4, 0.5) is 0 Å². The zero-order valence-electron chi connectivity index (χ0n) is 8.47. The molecule has 0 N–H and O–H groups in total. The van der Waals surface area contributed by atoms with Crippen molar-refractivity contribution in [2.75, 3.05) is 6.61 Å². The topological polar surface area (TPSA) is 29.5 Å². The smallest absolute Gasteiger partial charge is 0.262 e. The van der Waals surface area contributed by atoms with E-state index >= 15 is 0 Å². The molecular weight excluding hydrogens is 317 g/mol. The molecule has 2 atom stereocenters. The third-order valence-electron chi connectivity index (χ3n) is 2.95. The van der Waals surface area contributed by atoms with Gasteiger partial charge in [0.1, 0.15) is 0 Å². The summed E-state index contributed by atoms with van der Waals surface area (Å²) in [6, 6.07) is 10.1. The summed E-state index contributed by atoms with van der Waals surface area (Å²) in [5.74, 6) is 0.0805. The minimum Gasteiger partial charge on any atom is -0.352 e. The van der Waals surface area contributed by atoms with Crippen LogP contribution in [-0.4, -0.2) is 23.6 Å². The van der Waals surface area contributed by atoms with Crippen molar-refractivity contribution in [1.29, 1.82) is 0 Å². The Bertz CT molecular complexity index is 457. The van der Waals surface area contributed by atoms with Gasteiger partial charge in [-0.05, 0) is 34.2 Å². The lowest BCUT2D eigenvalue weighted by atomic mass is 10.1. The largest absolute Gasteiger partial charge is 0.352 e. The van der Waals surface area contributed by atoms with E-state index in [1.54, 1.807) is 0 Å². The highest BCUT2D eigenvalue weighted by Crippen LogP contribution is 2.37. The number of hydrogen-bond donors (Lipinski definition) is 0. The van der Waals surface area contributed by atoms with Gasteiger partial charge in [-0.25, -0.2) is 0 Å². The lowest BCUT2D eigenvalue weighted by Crippen LogP contribution is -2.31. The van der Waals surface area contributed by atoms with Crippen molar-refractivity contribution < 1.29 is 9.53 Å². The Morgan fingerprint density at radius 3 is 2.81 bits per heavy atom. The van der Waals surface area contributed by atoms with Gasteiger partial charge < -0.3 is 4.74 Å². The van der Waals surface area contributed by atoms with E-state index in [0.29, 0.717) is 6.61 Å². The summed E-state index contributed by atoms with van der Waals surface area (Å²) >= 11 is 2.06. The molecule has 1 aromatic carbocycles.